The van der Waals surface area contributed by atoms with Crippen molar-refractivity contribution in [2.24, 2.45) is 10.8 Å². The SMILES string of the molecule is CCc1c(F)ccc2cc(O)cc(-c3ncc4c(N5CCC[C@@](C)(O)C5)nc(OCC5(CN6CCC7(CC6)CC(N6CCC(c8ccc(NC9CCC(=O)NC9=O)cc8F)CC6)C7)CC5)nc4c3F)c12. The summed E-state index contributed by atoms with van der Waals surface area (Å²) in [5, 5.41) is 28.7. The summed E-state index contributed by atoms with van der Waals surface area (Å²) >= 11 is 0. The molecule has 0 radical (unpaired) electrons. The van der Waals surface area contributed by atoms with Gasteiger partial charge in [-0.05, 0) is 174 Å². The van der Waals surface area contributed by atoms with Crippen LogP contribution in [0, 0.1) is 28.3 Å². The maximum Gasteiger partial charge on any atom is 0.319 e. The van der Waals surface area contributed by atoms with E-state index in [4.69, 9.17) is 14.7 Å². The number of halogens is 3. The molecular formula is C54H63F3N8O5. The van der Waals surface area contributed by atoms with Crippen molar-refractivity contribution in [1.82, 2.24) is 30.1 Å². The Morgan fingerprint density at radius 3 is 2.41 bits per heavy atom. The third-order valence-corrected chi connectivity index (χ3v) is 16.7. The van der Waals surface area contributed by atoms with Crippen LogP contribution in [0.1, 0.15) is 108 Å². The van der Waals surface area contributed by atoms with Crippen molar-refractivity contribution in [1.29, 1.82) is 0 Å². The molecule has 2 amide bonds. The van der Waals surface area contributed by atoms with E-state index in [0.717, 1.165) is 83.2 Å². The van der Waals surface area contributed by atoms with Gasteiger partial charge in [-0.1, -0.05) is 19.1 Å². The minimum atomic E-state index is -0.966. The Morgan fingerprint density at radius 2 is 1.70 bits per heavy atom. The average Bonchev–Trinajstić information content (AvgIpc) is 4.10. The quantitative estimate of drug-likeness (QED) is 0.0888. The Hall–Kier alpha value is -5.58. The van der Waals surface area contributed by atoms with Crippen LogP contribution in [0.5, 0.6) is 11.8 Å². The predicted octanol–water partition coefficient (Wildman–Crippen LogP) is 8.38. The van der Waals surface area contributed by atoms with E-state index in [1.165, 1.54) is 43.3 Å². The molecule has 4 aliphatic heterocycles. The second-order valence-corrected chi connectivity index (χ2v) is 21.8. The fraction of sp³-hybridized carbons (Fsp3) is 0.537. The first-order chi connectivity index (χ1) is 33.7. The third-order valence-electron chi connectivity index (χ3n) is 16.7. The first-order valence-electron chi connectivity index (χ1n) is 25.4. The topological polar surface area (TPSA) is 156 Å². The summed E-state index contributed by atoms with van der Waals surface area (Å²) in [5.41, 5.74) is 1.26. The fourth-order valence-electron chi connectivity index (χ4n) is 12.5. The van der Waals surface area contributed by atoms with Gasteiger partial charge in [-0.15, -0.1) is 0 Å². The molecule has 6 aliphatic rings. The smallest absolute Gasteiger partial charge is 0.319 e. The van der Waals surface area contributed by atoms with E-state index in [2.05, 4.69) is 25.4 Å². The Kier molecular flexibility index (Phi) is 12.2. The Bertz CT molecular complexity index is 2850. The molecule has 2 atom stereocenters. The molecule has 370 valence electrons. The number of carbonyl (C=O) groups is 2. The first-order valence-corrected chi connectivity index (χ1v) is 25.4. The zero-order valence-electron chi connectivity index (χ0n) is 40.1. The minimum Gasteiger partial charge on any atom is -0.508 e. The number of β-amino-alcohol motifs (C(OH)–C–C–N with tert-alkyl or cyclic N) is 1. The number of aromatic nitrogens is 3. The third kappa shape index (κ3) is 9.15. The van der Waals surface area contributed by atoms with Crippen LogP contribution in [-0.4, -0.2) is 117 Å². The van der Waals surface area contributed by atoms with Crippen molar-refractivity contribution in [2.45, 2.75) is 121 Å². The highest BCUT2D eigenvalue weighted by Crippen LogP contribution is 2.53. The van der Waals surface area contributed by atoms with Crippen LogP contribution in [0.15, 0.2) is 48.7 Å². The molecule has 1 unspecified atom stereocenters. The summed E-state index contributed by atoms with van der Waals surface area (Å²) in [5.74, 6) is -1.53. The van der Waals surface area contributed by atoms with Crippen molar-refractivity contribution in [3.8, 4) is 23.0 Å². The van der Waals surface area contributed by atoms with E-state index in [0.29, 0.717) is 83.6 Å². The van der Waals surface area contributed by atoms with Crippen LogP contribution in [0.2, 0.25) is 0 Å². The lowest BCUT2D eigenvalue weighted by molar-refractivity contribution is -0.133. The first kappa shape index (κ1) is 46.8. The van der Waals surface area contributed by atoms with Gasteiger partial charge < -0.3 is 35.0 Å². The number of aliphatic hydroxyl groups is 1. The predicted molar refractivity (Wildman–Crippen MR) is 261 cm³/mol. The number of piperidine rings is 4. The molecule has 16 heteroatoms. The van der Waals surface area contributed by atoms with Crippen molar-refractivity contribution >= 4 is 45.0 Å². The number of anilines is 2. The number of aromatic hydroxyl groups is 1. The summed E-state index contributed by atoms with van der Waals surface area (Å²) < 4.78 is 54.2. The zero-order chi connectivity index (χ0) is 48.5. The average molecular weight is 961 g/mol. The second-order valence-electron chi connectivity index (χ2n) is 21.8. The van der Waals surface area contributed by atoms with Gasteiger partial charge in [0.1, 0.15) is 40.5 Å². The number of rotatable bonds is 12. The largest absolute Gasteiger partial charge is 0.508 e. The lowest BCUT2D eigenvalue weighted by atomic mass is 9.59. The molecule has 4 N–H and O–H groups in total. The highest BCUT2D eigenvalue weighted by atomic mass is 19.1. The number of benzene rings is 3. The monoisotopic (exact) mass is 960 g/mol. The van der Waals surface area contributed by atoms with E-state index in [9.17, 15) is 19.8 Å². The molecule has 6 heterocycles. The summed E-state index contributed by atoms with van der Waals surface area (Å²) in [7, 11) is 0. The fourth-order valence-corrected chi connectivity index (χ4v) is 12.5. The number of aryl methyl sites for hydroxylation is 1. The van der Waals surface area contributed by atoms with Crippen LogP contribution < -0.4 is 20.3 Å². The van der Waals surface area contributed by atoms with Gasteiger partial charge in [0.25, 0.3) is 0 Å². The molecule has 2 aromatic heterocycles. The zero-order valence-corrected chi connectivity index (χ0v) is 40.1. The number of nitrogens with zero attached hydrogens (tertiary/aromatic N) is 6. The van der Waals surface area contributed by atoms with Gasteiger partial charge >= 0.3 is 6.01 Å². The maximum absolute atomic E-state index is 17.1. The van der Waals surface area contributed by atoms with Crippen molar-refractivity contribution in [3.63, 3.8) is 0 Å². The second kappa shape index (κ2) is 18.2. The number of pyridine rings is 1. The number of hydrogen-bond donors (Lipinski definition) is 4. The van der Waals surface area contributed by atoms with Gasteiger partial charge in [0.15, 0.2) is 5.82 Å². The normalized spacial score (nSPS) is 24.3. The number of carbonyl (C=O) groups excluding carboxylic acids is 2. The lowest BCUT2D eigenvalue weighted by Crippen LogP contribution is -2.56. The molecule has 6 fully saturated rings. The number of phenols is 1. The van der Waals surface area contributed by atoms with E-state index >= 15 is 13.2 Å². The van der Waals surface area contributed by atoms with Gasteiger partial charge in [0.2, 0.25) is 11.8 Å². The molecule has 0 bridgehead atoms. The number of fused-ring (bicyclic) bond motifs is 2. The number of phenolic OH excluding ortho intramolecular Hbond substituents is 1. The van der Waals surface area contributed by atoms with Gasteiger partial charge in [0.05, 0.1) is 17.6 Å². The molecule has 3 aromatic carbocycles. The van der Waals surface area contributed by atoms with Gasteiger partial charge in [0, 0.05) is 55.0 Å². The van der Waals surface area contributed by atoms with Crippen molar-refractivity contribution in [2.75, 3.05) is 62.6 Å². The molecule has 11 rings (SSSR count). The lowest BCUT2D eigenvalue weighted by Gasteiger charge is -2.56. The van der Waals surface area contributed by atoms with Crippen LogP contribution in [0.3, 0.4) is 0 Å². The number of hydrogen-bond acceptors (Lipinski definition) is 12. The molecular weight excluding hydrogens is 898 g/mol. The standard InChI is InChI=1S/C54H63F3N8O5/c1-3-37-41(55)8-5-33-23-36(66)25-39(45(33)37)47-46(57)48-40(28-58-47)49(65-18-4-13-52(2,69)29-65)62-51(61-48)70-31-54(14-15-54)30-63-21-16-53(17-22-63)26-35(27-53)64-19-11-32(12-20-64)38-7-6-34(24-42(38)56)59-43-9-10-44(67)60-50(43)68/h5-8,23-25,28,32,35,43,59,66,69H,3-4,9-22,26-27,29-31H2,1-2H3,(H,60,67,68)/t43?,52-/m1/s1. The minimum absolute atomic E-state index is 0.0114. The van der Waals surface area contributed by atoms with Gasteiger partial charge in [-0.2, -0.15) is 9.97 Å². The van der Waals surface area contributed by atoms with Crippen LogP contribution in [0.25, 0.3) is 32.9 Å². The van der Waals surface area contributed by atoms with Crippen molar-refractivity contribution < 1.29 is 37.7 Å². The van der Waals surface area contributed by atoms with Crippen LogP contribution in [-0.2, 0) is 16.0 Å². The van der Waals surface area contributed by atoms with Crippen LogP contribution in [0.4, 0.5) is 24.7 Å². The Labute approximate surface area is 406 Å². The molecule has 1 spiro atoms. The molecule has 70 heavy (non-hydrogen) atoms. The number of imide groups is 1. The molecule has 5 aromatic rings. The molecule has 13 nitrogen and oxygen atoms in total. The maximum atomic E-state index is 17.1. The summed E-state index contributed by atoms with van der Waals surface area (Å²) in [6.45, 7) is 9.80. The summed E-state index contributed by atoms with van der Waals surface area (Å²) in [4.78, 5) is 45.0. The van der Waals surface area contributed by atoms with Gasteiger partial charge in [-0.25, -0.2) is 13.2 Å². The molecule has 4 saturated heterocycles. The van der Waals surface area contributed by atoms with Crippen LogP contribution >= 0.6 is 0 Å². The summed E-state index contributed by atoms with van der Waals surface area (Å²) in [6.07, 6.45) is 12.5. The van der Waals surface area contributed by atoms with E-state index in [-0.39, 0.29) is 63.9 Å². The molecule has 2 saturated carbocycles. The summed E-state index contributed by atoms with van der Waals surface area (Å²) in [6, 6.07) is 11.2. The van der Waals surface area contributed by atoms with E-state index in [1.54, 1.807) is 13.0 Å². The van der Waals surface area contributed by atoms with Gasteiger partial charge in [-0.3, -0.25) is 19.9 Å². The van der Waals surface area contributed by atoms with E-state index < -0.39 is 23.3 Å². The Morgan fingerprint density at radius 1 is 0.914 bits per heavy atom. The number of nitrogens with one attached hydrogen (secondary N) is 2. The number of amides is 2. The number of ether oxygens (including phenoxy) is 1. The van der Waals surface area contributed by atoms with E-state index in [1.807, 2.05) is 24.0 Å². The van der Waals surface area contributed by atoms with Crippen molar-refractivity contribution in [3.05, 3.63) is 77.2 Å². The molecule has 2 aliphatic carbocycles. The number of likely N-dealkylation sites (tertiary alicyclic amines) is 2. The Balaban J connectivity index is 0.720. The highest BCUT2D eigenvalue weighted by Gasteiger charge is 2.51. The highest BCUT2D eigenvalue weighted by molar-refractivity contribution is 6.02.